The Bertz CT molecular complexity index is 447. The Morgan fingerprint density at radius 1 is 1.47 bits per heavy atom. The number of carbonyl (C=O) groups is 2. The molecule has 1 saturated carbocycles. The normalized spacial score (nSPS) is 39.9. The van der Waals surface area contributed by atoms with Crippen LogP contribution in [0.4, 0.5) is 0 Å². The summed E-state index contributed by atoms with van der Waals surface area (Å²) in [5.74, 6) is 0.312. The molecule has 2 rings (SSSR count). The van der Waals surface area contributed by atoms with Crippen LogP contribution in [0.3, 0.4) is 0 Å². The molecule has 0 aliphatic heterocycles. The average molecular weight is 262 g/mol. The summed E-state index contributed by atoms with van der Waals surface area (Å²) in [5.41, 5.74) is 1.73. The number of carbonyl (C=O) groups excluding carboxylic acids is 2. The molecule has 19 heavy (non-hydrogen) atoms. The van der Waals surface area contributed by atoms with Crippen LogP contribution in [0.1, 0.15) is 39.5 Å². The van der Waals surface area contributed by atoms with Crippen LogP contribution >= 0.6 is 0 Å². The molecule has 0 saturated heterocycles. The summed E-state index contributed by atoms with van der Waals surface area (Å²) < 4.78 is 4.94. The first kappa shape index (κ1) is 14.0. The van der Waals surface area contributed by atoms with Crippen molar-refractivity contribution in [3.05, 3.63) is 23.3 Å². The highest BCUT2D eigenvalue weighted by atomic mass is 16.5. The van der Waals surface area contributed by atoms with Gasteiger partial charge < -0.3 is 4.74 Å². The zero-order valence-electron chi connectivity index (χ0n) is 11.9. The van der Waals surface area contributed by atoms with Crippen LogP contribution in [-0.2, 0) is 14.3 Å². The van der Waals surface area contributed by atoms with Gasteiger partial charge in [-0.1, -0.05) is 17.7 Å². The molecule has 2 aliphatic rings. The Balaban J connectivity index is 2.26. The van der Waals surface area contributed by atoms with Gasteiger partial charge in [0.05, 0.1) is 12.5 Å². The first-order valence-corrected chi connectivity index (χ1v) is 6.94. The van der Waals surface area contributed by atoms with Crippen LogP contribution in [0.15, 0.2) is 23.3 Å². The SMILES string of the molecule is COC(=O)[C@]1(C)[C@@H]2/C=C(/C=O)CC/C=C(\C)CC[C@H]21. The maximum absolute atomic E-state index is 12.0. The molecule has 0 aromatic rings. The van der Waals surface area contributed by atoms with E-state index in [4.69, 9.17) is 4.74 Å². The Hall–Kier alpha value is -1.38. The van der Waals surface area contributed by atoms with Crippen LogP contribution in [0.5, 0.6) is 0 Å². The van der Waals surface area contributed by atoms with E-state index in [0.29, 0.717) is 5.92 Å². The number of aldehydes is 1. The topological polar surface area (TPSA) is 43.4 Å². The third-order valence-corrected chi connectivity index (χ3v) is 4.73. The van der Waals surface area contributed by atoms with E-state index in [1.165, 1.54) is 12.7 Å². The molecular formula is C16H22O3. The average Bonchev–Trinajstić information content (AvgIpc) is 2.99. The van der Waals surface area contributed by atoms with Crippen molar-refractivity contribution in [2.75, 3.05) is 7.11 Å². The van der Waals surface area contributed by atoms with Crippen LogP contribution < -0.4 is 0 Å². The lowest BCUT2D eigenvalue weighted by Crippen LogP contribution is -2.17. The first-order chi connectivity index (χ1) is 9.03. The van der Waals surface area contributed by atoms with E-state index in [1.807, 2.05) is 13.0 Å². The Morgan fingerprint density at radius 2 is 2.21 bits per heavy atom. The molecule has 0 N–H and O–H groups in total. The van der Waals surface area contributed by atoms with Crippen molar-refractivity contribution in [1.29, 1.82) is 0 Å². The quantitative estimate of drug-likeness (QED) is 0.436. The molecule has 1 fully saturated rings. The third-order valence-electron chi connectivity index (χ3n) is 4.73. The zero-order chi connectivity index (χ0) is 14.0. The largest absolute Gasteiger partial charge is 0.469 e. The van der Waals surface area contributed by atoms with Gasteiger partial charge in [-0.2, -0.15) is 0 Å². The van der Waals surface area contributed by atoms with Gasteiger partial charge in [0.15, 0.2) is 0 Å². The van der Waals surface area contributed by atoms with Crippen molar-refractivity contribution in [3.8, 4) is 0 Å². The highest BCUT2D eigenvalue weighted by Crippen LogP contribution is 2.62. The van der Waals surface area contributed by atoms with E-state index in [-0.39, 0.29) is 11.9 Å². The maximum Gasteiger partial charge on any atom is 0.312 e. The van der Waals surface area contributed by atoms with E-state index in [9.17, 15) is 9.59 Å². The summed E-state index contributed by atoms with van der Waals surface area (Å²) in [7, 11) is 1.44. The monoisotopic (exact) mass is 262 g/mol. The fraction of sp³-hybridized carbons (Fsp3) is 0.625. The Morgan fingerprint density at radius 3 is 2.84 bits per heavy atom. The standard InChI is InChI=1S/C16H22O3/c1-11-5-4-6-12(10-17)9-14-13(8-7-11)16(14,2)15(18)19-3/h5,9-10,13-14H,4,6-8H2,1-3H3/b11-5+,12-9+/t13-,14-,16+/m1/s1. The predicted molar refractivity (Wildman–Crippen MR) is 73.5 cm³/mol. The summed E-state index contributed by atoms with van der Waals surface area (Å²) >= 11 is 0. The van der Waals surface area contributed by atoms with Crippen molar-refractivity contribution in [3.63, 3.8) is 0 Å². The number of rotatable bonds is 2. The van der Waals surface area contributed by atoms with Crippen molar-refractivity contribution < 1.29 is 14.3 Å². The molecule has 3 atom stereocenters. The molecular weight excluding hydrogens is 240 g/mol. The number of hydrogen-bond donors (Lipinski definition) is 0. The minimum atomic E-state index is -0.437. The molecule has 0 radical (unpaired) electrons. The minimum absolute atomic E-state index is 0.148. The van der Waals surface area contributed by atoms with Gasteiger partial charge in [-0.15, -0.1) is 0 Å². The van der Waals surface area contributed by atoms with E-state index in [1.54, 1.807) is 0 Å². The molecule has 0 spiro atoms. The molecule has 0 aromatic heterocycles. The second-order valence-corrected chi connectivity index (χ2v) is 5.89. The highest BCUT2D eigenvalue weighted by molar-refractivity contribution is 5.82. The summed E-state index contributed by atoms with van der Waals surface area (Å²) in [6.07, 6.45) is 8.82. The number of fused-ring (bicyclic) bond motifs is 1. The first-order valence-electron chi connectivity index (χ1n) is 6.94. The van der Waals surface area contributed by atoms with Crippen LogP contribution in [0, 0.1) is 17.3 Å². The predicted octanol–water partition coefficient (Wildman–Crippen LogP) is 3.06. The second kappa shape index (κ2) is 5.32. The lowest BCUT2D eigenvalue weighted by molar-refractivity contribution is -0.147. The van der Waals surface area contributed by atoms with Gasteiger partial charge in [-0.25, -0.2) is 0 Å². The maximum atomic E-state index is 12.0. The third kappa shape index (κ3) is 2.51. The summed E-state index contributed by atoms with van der Waals surface area (Å²) in [6, 6.07) is 0. The molecule has 0 unspecified atom stereocenters. The summed E-state index contributed by atoms with van der Waals surface area (Å²) in [5, 5.41) is 0. The minimum Gasteiger partial charge on any atom is -0.469 e. The molecule has 0 aromatic carbocycles. The van der Waals surface area contributed by atoms with Gasteiger partial charge in [0, 0.05) is 0 Å². The fourth-order valence-corrected chi connectivity index (χ4v) is 3.30. The number of hydrogen-bond acceptors (Lipinski definition) is 3. The van der Waals surface area contributed by atoms with Crippen molar-refractivity contribution >= 4 is 12.3 Å². The van der Waals surface area contributed by atoms with Crippen molar-refractivity contribution in [1.82, 2.24) is 0 Å². The number of allylic oxidation sites excluding steroid dienone is 4. The van der Waals surface area contributed by atoms with E-state index < -0.39 is 5.41 Å². The van der Waals surface area contributed by atoms with Gasteiger partial charge in [-0.3, -0.25) is 9.59 Å². The van der Waals surface area contributed by atoms with Gasteiger partial charge in [0.1, 0.15) is 6.29 Å². The molecule has 2 aliphatic carbocycles. The number of ether oxygens (including phenoxy) is 1. The summed E-state index contributed by atoms with van der Waals surface area (Å²) in [4.78, 5) is 23.1. The van der Waals surface area contributed by atoms with Crippen molar-refractivity contribution in [2.24, 2.45) is 17.3 Å². The van der Waals surface area contributed by atoms with Gasteiger partial charge >= 0.3 is 5.97 Å². The van der Waals surface area contributed by atoms with Gasteiger partial charge in [0.25, 0.3) is 0 Å². The van der Waals surface area contributed by atoms with Crippen LogP contribution in [0.2, 0.25) is 0 Å². The van der Waals surface area contributed by atoms with Gasteiger partial charge in [0.2, 0.25) is 0 Å². The molecule has 3 heteroatoms. The van der Waals surface area contributed by atoms with E-state index in [0.717, 1.165) is 37.5 Å². The van der Waals surface area contributed by atoms with Crippen LogP contribution in [0.25, 0.3) is 0 Å². The zero-order valence-corrected chi connectivity index (χ0v) is 11.9. The smallest absolute Gasteiger partial charge is 0.312 e. The molecule has 104 valence electrons. The van der Waals surface area contributed by atoms with Crippen LogP contribution in [-0.4, -0.2) is 19.4 Å². The molecule has 0 bridgehead atoms. The highest BCUT2D eigenvalue weighted by Gasteiger charge is 2.65. The summed E-state index contributed by atoms with van der Waals surface area (Å²) in [6.45, 7) is 4.09. The Labute approximate surface area is 114 Å². The Kier molecular flexibility index (Phi) is 3.93. The number of methoxy groups -OCH3 is 1. The van der Waals surface area contributed by atoms with E-state index >= 15 is 0 Å². The second-order valence-electron chi connectivity index (χ2n) is 5.89. The van der Waals surface area contributed by atoms with Crippen molar-refractivity contribution in [2.45, 2.75) is 39.5 Å². The van der Waals surface area contributed by atoms with E-state index in [2.05, 4.69) is 13.0 Å². The van der Waals surface area contributed by atoms with Gasteiger partial charge in [-0.05, 0) is 56.9 Å². The lowest BCUT2D eigenvalue weighted by atomic mass is 10.0. The fourth-order valence-electron chi connectivity index (χ4n) is 3.30. The number of esters is 1. The molecule has 0 amide bonds. The lowest BCUT2D eigenvalue weighted by Gasteiger charge is -2.08. The molecule has 3 nitrogen and oxygen atoms in total. The molecule has 0 heterocycles.